The van der Waals surface area contributed by atoms with Crippen molar-refractivity contribution in [2.75, 3.05) is 18.5 Å². The number of rotatable bonds is 27. The fraction of sp³-hybridized carbons (Fsp3) is 0.524. The summed E-state index contributed by atoms with van der Waals surface area (Å²) >= 11 is 0. The number of carboxylic acid groups (broad SMARTS) is 1. The van der Waals surface area contributed by atoms with Crippen LogP contribution in [0.3, 0.4) is 0 Å². The van der Waals surface area contributed by atoms with Gasteiger partial charge in [0.05, 0.1) is 4.90 Å². The maximum atomic E-state index is 12.9. The number of ether oxygens (including phenoxy) is 1. The van der Waals surface area contributed by atoms with Crippen LogP contribution in [0.4, 0.5) is 10.5 Å². The highest BCUT2D eigenvalue weighted by Crippen LogP contribution is 2.46. The van der Waals surface area contributed by atoms with Gasteiger partial charge in [-0.15, -0.1) is 4.73 Å². The van der Waals surface area contributed by atoms with Gasteiger partial charge in [0.25, 0.3) is 10.1 Å². The number of nitrogens with zero attached hydrogens (tertiary/aromatic N) is 1. The third-order valence-electron chi connectivity index (χ3n) is 10.2. The number of unbranched alkanes of at least 4 members (excludes halogenated alkanes) is 14. The molecule has 1 atom stereocenters. The van der Waals surface area contributed by atoms with E-state index in [0.29, 0.717) is 52.9 Å². The lowest BCUT2D eigenvalue weighted by atomic mass is 9.97. The highest BCUT2D eigenvalue weighted by molar-refractivity contribution is 7.85. The van der Waals surface area contributed by atoms with Crippen molar-refractivity contribution in [3.63, 3.8) is 0 Å². The van der Waals surface area contributed by atoms with Crippen LogP contribution >= 0.6 is 0 Å². The number of carbonyl (C=O) groups excluding carboxylic acids is 3. The first-order valence-corrected chi connectivity index (χ1v) is 21.8. The third-order valence-corrected chi connectivity index (χ3v) is 11.1. The van der Waals surface area contributed by atoms with Gasteiger partial charge in [0.2, 0.25) is 23.6 Å². The number of aromatic nitrogens is 1. The van der Waals surface area contributed by atoms with E-state index in [0.717, 1.165) is 75.5 Å². The lowest BCUT2D eigenvalue weighted by Gasteiger charge is -2.16. The summed E-state index contributed by atoms with van der Waals surface area (Å²) in [6.45, 7) is 0.294. The van der Waals surface area contributed by atoms with E-state index in [-0.39, 0.29) is 29.7 Å². The lowest BCUT2D eigenvalue weighted by molar-refractivity contribution is -0.137. The van der Waals surface area contributed by atoms with E-state index in [1.165, 1.54) is 50.7 Å². The molecule has 0 fully saturated rings. The van der Waals surface area contributed by atoms with E-state index >= 15 is 0 Å². The van der Waals surface area contributed by atoms with Gasteiger partial charge in [-0.1, -0.05) is 89.2 Å². The molecule has 3 aromatic rings. The van der Waals surface area contributed by atoms with Crippen molar-refractivity contribution in [1.82, 2.24) is 10.0 Å². The molecule has 0 spiro atoms. The lowest BCUT2D eigenvalue weighted by Crippen LogP contribution is -2.23. The van der Waals surface area contributed by atoms with Gasteiger partial charge in [0, 0.05) is 49.5 Å². The second kappa shape index (κ2) is 23.3. The highest BCUT2D eigenvalue weighted by atomic mass is 32.2. The number of carbonyl (C=O) groups is 4. The summed E-state index contributed by atoms with van der Waals surface area (Å²) in [7, 11) is -4.53. The molecule has 0 saturated heterocycles. The van der Waals surface area contributed by atoms with Crippen molar-refractivity contribution in [3.05, 3.63) is 59.7 Å². The van der Waals surface area contributed by atoms with E-state index in [4.69, 9.17) is 14.7 Å². The molecule has 0 aliphatic heterocycles. The summed E-state index contributed by atoms with van der Waals surface area (Å²) in [6.07, 6.45) is 16.3. The van der Waals surface area contributed by atoms with E-state index in [2.05, 4.69) is 10.6 Å². The molecule has 58 heavy (non-hydrogen) atoms. The molecule has 1 aromatic heterocycles. The average Bonchev–Trinajstić information content (AvgIpc) is 3.66. The SMILES string of the molecule is O=C(O)CCCCCNC(=O)CCCCCCCCCCCCCCCC(=O)Nc1ccc2c(c1)C(COC(=O)On1c(O)ccc1O)c1cc(S(=O)(=O)O)ccc1-2. The Bertz CT molecular complexity index is 1930. The summed E-state index contributed by atoms with van der Waals surface area (Å²) in [5.74, 6) is -2.60. The average molecular weight is 828 g/mol. The number of aliphatic carboxylic acids is 1. The van der Waals surface area contributed by atoms with Crippen LogP contribution in [-0.2, 0) is 29.2 Å². The Balaban J connectivity index is 1.09. The molecule has 1 heterocycles. The van der Waals surface area contributed by atoms with Crippen molar-refractivity contribution in [1.29, 1.82) is 0 Å². The Kier molecular flexibility index (Phi) is 18.4. The second-order valence-electron chi connectivity index (χ2n) is 14.8. The first-order valence-electron chi connectivity index (χ1n) is 20.3. The van der Waals surface area contributed by atoms with Gasteiger partial charge in [0.15, 0.2) is 0 Å². The molecule has 2 amide bonds. The highest BCUT2D eigenvalue weighted by Gasteiger charge is 2.32. The van der Waals surface area contributed by atoms with Gasteiger partial charge in [-0.2, -0.15) is 8.42 Å². The van der Waals surface area contributed by atoms with Crippen molar-refractivity contribution < 1.29 is 57.0 Å². The van der Waals surface area contributed by atoms with Crippen LogP contribution in [0.15, 0.2) is 53.4 Å². The number of hydrogen-bond acceptors (Lipinski definition) is 10. The molecule has 0 radical (unpaired) electrons. The molecule has 2 aromatic carbocycles. The zero-order valence-corrected chi connectivity index (χ0v) is 33.8. The number of amides is 2. The van der Waals surface area contributed by atoms with Gasteiger partial charge in [-0.3, -0.25) is 23.8 Å². The minimum absolute atomic E-state index is 0.0797. The van der Waals surface area contributed by atoms with E-state index in [1.54, 1.807) is 24.3 Å². The van der Waals surface area contributed by atoms with Gasteiger partial charge in [0.1, 0.15) is 6.61 Å². The van der Waals surface area contributed by atoms with Gasteiger partial charge < -0.3 is 30.7 Å². The number of anilines is 1. The molecule has 1 aliphatic rings. The minimum Gasteiger partial charge on any atom is -0.492 e. The Morgan fingerprint density at radius 2 is 1.14 bits per heavy atom. The number of hydrogen-bond donors (Lipinski definition) is 6. The minimum atomic E-state index is -4.53. The molecule has 0 bridgehead atoms. The van der Waals surface area contributed by atoms with Crippen LogP contribution in [0.1, 0.15) is 139 Å². The van der Waals surface area contributed by atoms with Crippen LogP contribution < -0.4 is 15.5 Å². The molecule has 4 rings (SSSR count). The maximum absolute atomic E-state index is 12.9. The van der Waals surface area contributed by atoms with Crippen LogP contribution in [0, 0.1) is 0 Å². The molecule has 1 unspecified atom stereocenters. The Morgan fingerprint density at radius 1 is 0.638 bits per heavy atom. The monoisotopic (exact) mass is 827 g/mol. The summed E-state index contributed by atoms with van der Waals surface area (Å²) in [6, 6.07) is 11.6. The summed E-state index contributed by atoms with van der Waals surface area (Å²) in [5.41, 5.74) is 3.03. The standard InChI is InChI=1S/C42H57N3O12S/c46-37(43-26-16-12-15-19-41(50)51)17-13-10-8-6-4-2-1-3-5-7-9-11-14-18-38(47)44-30-20-22-32-33-23-21-31(58(53,54)55)28-35(33)36(34(32)27-30)29-56-42(52)57-45-39(48)24-25-40(45)49/h20-25,27-28,36,48-49H,1-19,26,29H2,(H,43,46)(H,44,47)(H,50,51)(H,53,54,55). The fourth-order valence-electron chi connectivity index (χ4n) is 7.14. The fourth-order valence-corrected chi connectivity index (χ4v) is 7.65. The van der Waals surface area contributed by atoms with Gasteiger partial charge >= 0.3 is 12.1 Å². The Labute approximate surface area is 339 Å². The predicted octanol–water partition coefficient (Wildman–Crippen LogP) is 8.07. The normalized spacial score (nSPS) is 13.1. The van der Waals surface area contributed by atoms with Gasteiger partial charge in [-0.05, 0) is 72.2 Å². The van der Waals surface area contributed by atoms with Crippen molar-refractivity contribution in [2.45, 2.75) is 133 Å². The van der Waals surface area contributed by atoms with Gasteiger partial charge in [-0.25, -0.2) is 4.79 Å². The Morgan fingerprint density at radius 3 is 1.71 bits per heavy atom. The molecule has 318 valence electrons. The quantitative estimate of drug-likeness (QED) is 0.0243. The summed E-state index contributed by atoms with van der Waals surface area (Å²) in [4.78, 5) is 52.3. The van der Waals surface area contributed by atoms with Crippen molar-refractivity contribution in [3.8, 4) is 22.9 Å². The largest absolute Gasteiger partial charge is 0.534 e. The number of carboxylic acids is 1. The van der Waals surface area contributed by atoms with Crippen LogP contribution in [0.2, 0.25) is 0 Å². The first-order chi connectivity index (χ1) is 27.8. The molecular formula is C42H57N3O12S. The third kappa shape index (κ3) is 15.0. The number of aromatic hydroxyl groups is 2. The zero-order valence-electron chi connectivity index (χ0n) is 33.0. The molecule has 0 saturated carbocycles. The van der Waals surface area contributed by atoms with Crippen LogP contribution in [0.25, 0.3) is 11.1 Å². The number of benzene rings is 2. The van der Waals surface area contributed by atoms with E-state index in [1.807, 2.05) is 0 Å². The topological polar surface area (TPSA) is 231 Å². The predicted molar refractivity (Wildman–Crippen MR) is 216 cm³/mol. The van der Waals surface area contributed by atoms with Crippen LogP contribution in [0.5, 0.6) is 11.8 Å². The maximum Gasteiger partial charge on any atom is 0.534 e. The summed E-state index contributed by atoms with van der Waals surface area (Å²) in [5, 5.41) is 34.0. The smallest absolute Gasteiger partial charge is 0.492 e. The number of fused-ring (bicyclic) bond motifs is 3. The number of nitrogens with one attached hydrogen (secondary N) is 2. The summed E-state index contributed by atoms with van der Waals surface area (Å²) < 4.78 is 39.3. The molecule has 15 nitrogen and oxygen atoms in total. The van der Waals surface area contributed by atoms with E-state index < -0.39 is 39.9 Å². The molecular weight excluding hydrogens is 771 g/mol. The van der Waals surface area contributed by atoms with Crippen molar-refractivity contribution >= 4 is 39.7 Å². The molecule has 16 heteroatoms. The second-order valence-corrected chi connectivity index (χ2v) is 16.2. The van der Waals surface area contributed by atoms with E-state index in [9.17, 15) is 42.4 Å². The van der Waals surface area contributed by atoms with Crippen molar-refractivity contribution in [2.24, 2.45) is 0 Å². The zero-order chi connectivity index (χ0) is 41.9. The first kappa shape index (κ1) is 45.6. The molecule has 1 aliphatic carbocycles. The van der Waals surface area contributed by atoms with Crippen LogP contribution in [-0.4, -0.2) is 70.1 Å². The Hall–Kier alpha value is -5.09. The molecule has 6 N–H and O–H groups in total.